The van der Waals surface area contributed by atoms with Crippen LogP contribution in [0.5, 0.6) is 0 Å². The Labute approximate surface area is 188 Å². The zero-order chi connectivity index (χ0) is 22.7. The molecule has 3 aromatic rings. The number of para-hydroxylation sites is 1. The van der Waals surface area contributed by atoms with Gasteiger partial charge < -0.3 is 14.0 Å². The van der Waals surface area contributed by atoms with Crippen LogP contribution in [0.25, 0.3) is 10.9 Å². The molecule has 0 radical (unpaired) electrons. The van der Waals surface area contributed by atoms with Gasteiger partial charge in [0.1, 0.15) is 0 Å². The first-order valence-electron chi connectivity index (χ1n) is 11.3. The molecule has 0 N–H and O–H groups in total. The van der Waals surface area contributed by atoms with Gasteiger partial charge in [0.15, 0.2) is 6.61 Å². The van der Waals surface area contributed by atoms with E-state index in [-0.39, 0.29) is 12.4 Å². The van der Waals surface area contributed by atoms with E-state index in [4.69, 9.17) is 14.5 Å². The number of ketones is 1. The maximum atomic E-state index is 13.2. The van der Waals surface area contributed by atoms with Gasteiger partial charge in [-0.15, -0.1) is 0 Å². The van der Waals surface area contributed by atoms with Gasteiger partial charge in [-0.25, -0.2) is 4.79 Å². The molecular formula is C26H30N2O4. The van der Waals surface area contributed by atoms with Gasteiger partial charge in [0.2, 0.25) is 5.78 Å². The highest BCUT2D eigenvalue weighted by Crippen LogP contribution is 2.30. The highest BCUT2D eigenvalue weighted by molar-refractivity contribution is 6.06. The van der Waals surface area contributed by atoms with Gasteiger partial charge in [-0.3, -0.25) is 9.78 Å². The second kappa shape index (κ2) is 9.65. The van der Waals surface area contributed by atoms with Crippen molar-refractivity contribution in [1.29, 1.82) is 0 Å². The van der Waals surface area contributed by atoms with Crippen molar-refractivity contribution in [2.24, 2.45) is 0 Å². The summed E-state index contributed by atoms with van der Waals surface area (Å²) in [5, 5.41) is 0.793. The minimum Gasteiger partial charge on any atom is -0.454 e. The first-order chi connectivity index (χ1) is 15.5. The smallest absolute Gasteiger partial charge is 0.339 e. The number of esters is 1. The summed E-state index contributed by atoms with van der Waals surface area (Å²) in [5.41, 5.74) is 5.84. The summed E-state index contributed by atoms with van der Waals surface area (Å²) in [5.74, 6) is -0.624. The van der Waals surface area contributed by atoms with Crippen LogP contribution < -0.4 is 0 Å². The number of Topliss-reactive ketones (excluding diaryl/α,β-unsaturated/α-hetero) is 1. The zero-order valence-corrected chi connectivity index (χ0v) is 19.1. The second-order valence-corrected chi connectivity index (χ2v) is 8.42. The van der Waals surface area contributed by atoms with Gasteiger partial charge in [-0.2, -0.15) is 0 Å². The third-order valence-electron chi connectivity index (χ3n) is 6.31. The van der Waals surface area contributed by atoms with E-state index in [9.17, 15) is 9.59 Å². The van der Waals surface area contributed by atoms with Crippen LogP contribution in [0.3, 0.4) is 0 Å². The molecule has 0 spiro atoms. The molecule has 0 saturated carbocycles. The fraction of sp³-hybridized carbons (Fsp3) is 0.423. The van der Waals surface area contributed by atoms with Crippen LogP contribution >= 0.6 is 0 Å². The topological polar surface area (TPSA) is 70.4 Å². The molecule has 2 aromatic heterocycles. The molecule has 1 aliphatic carbocycles. The van der Waals surface area contributed by atoms with E-state index in [2.05, 4.69) is 4.57 Å². The van der Waals surface area contributed by atoms with E-state index in [0.717, 1.165) is 72.2 Å². The number of aryl methyl sites for hydroxylation is 2. The monoisotopic (exact) mass is 434 g/mol. The predicted octanol–water partition coefficient (Wildman–Crippen LogP) is 4.61. The molecule has 32 heavy (non-hydrogen) atoms. The molecule has 6 heteroatoms. The third-order valence-corrected chi connectivity index (χ3v) is 6.31. The number of aromatic nitrogens is 2. The average Bonchev–Trinajstić information content (AvgIpc) is 3.09. The first kappa shape index (κ1) is 22.2. The van der Waals surface area contributed by atoms with Crippen LogP contribution in [0.15, 0.2) is 30.3 Å². The Bertz CT molecular complexity index is 1160. The summed E-state index contributed by atoms with van der Waals surface area (Å²) < 4.78 is 12.8. The summed E-state index contributed by atoms with van der Waals surface area (Å²) in [6, 6.07) is 9.53. The summed E-state index contributed by atoms with van der Waals surface area (Å²) >= 11 is 0. The molecule has 2 heterocycles. The molecular weight excluding hydrogens is 404 g/mol. The van der Waals surface area contributed by atoms with Crippen molar-refractivity contribution in [3.05, 3.63) is 64.1 Å². The number of fused-ring (bicyclic) bond motifs is 2. The standard InChI is InChI=1S/C26H30N2O4/c1-17-15-21(18(2)28(17)13-8-14-31-3)24(29)16-32-26(30)25-19-9-4-6-11-22(19)27-23-12-7-5-10-20(23)25/h4,6,9,11,15H,5,7-8,10,12-14,16H2,1-3H3. The molecule has 0 fully saturated rings. The van der Waals surface area contributed by atoms with E-state index in [1.807, 2.05) is 44.2 Å². The number of ether oxygens (including phenoxy) is 2. The van der Waals surface area contributed by atoms with Crippen molar-refractivity contribution < 1.29 is 19.1 Å². The second-order valence-electron chi connectivity index (χ2n) is 8.42. The number of methoxy groups -OCH3 is 1. The zero-order valence-electron chi connectivity index (χ0n) is 19.1. The maximum absolute atomic E-state index is 13.2. The maximum Gasteiger partial charge on any atom is 0.339 e. The molecule has 0 unspecified atom stereocenters. The van der Waals surface area contributed by atoms with E-state index >= 15 is 0 Å². The largest absolute Gasteiger partial charge is 0.454 e. The number of benzene rings is 1. The highest BCUT2D eigenvalue weighted by Gasteiger charge is 2.25. The lowest BCUT2D eigenvalue weighted by atomic mass is 9.90. The van der Waals surface area contributed by atoms with Gasteiger partial charge in [0, 0.05) is 48.3 Å². The number of hydrogen-bond donors (Lipinski definition) is 0. The Balaban J connectivity index is 1.54. The molecule has 4 rings (SSSR count). The Morgan fingerprint density at radius 2 is 1.91 bits per heavy atom. The normalized spacial score (nSPS) is 13.2. The van der Waals surface area contributed by atoms with E-state index < -0.39 is 5.97 Å². The summed E-state index contributed by atoms with van der Waals surface area (Å²) in [7, 11) is 1.68. The van der Waals surface area contributed by atoms with Gasteiger partial charge in [0.25, 0.3) is 0 Å². The summed E-state index contributed by atoms with van der Waals surface area (Å²) in [6.45, 7) is 5.10. The molecule has 1 aromatic carbocycles. The fourth-order valence-electron chi connectivity index (χ4n) is 4.68. The van der Waals surface area contributed by atoms with Gasteiger partial charge in [-0.05, 0) is 63.6 Å². The van der Waals surface area contributed by atoms with Crippen LogP contribution in [-0.4, -0.2) is 41.6 Å². The SMILES string of the molecule is COCCCn1c(C)cc(C(=O)COC(=O)c2c3c(nc4ccccc24)CCCC3)c1C. The third kappa shape index (κ3) is 4.32. The number of nitrogens with zero attached hydrogens (tertiary/aromatic N) is 2. The van der Waals surface area contributed by atoms with Crippen LogP contribution in [-0.2, 0) is 28.9 Å². The van der Waals surface area contributed by atoms with Crippen molar-refractivity contribution in [3.63, 3.8) is 0 Å². The van der Waals surface area contributed by atoms with Crippen LogP contribution in [0.1, 0.15) is 62.6 Å². The number of hydrogen-bond acceptors (Lipinski definition) is 5. The highest BCUT2D eigenvalue weighted by atomic mass is 16.5. The molecule has 6 nitrogen and oxygen atoms in total. The minimum atomic E-state index is -0.441. The molecule has 0 bridgehead atoms. The number of carbonyl (C=O) groups is 2. The van der Waals surface area contributed by atoms with Gasteiger partial charge in [0.05, 0.1) is 11.1 Å². The van der Waals surface area contributed by atoms with Crippen molar-refractivity contribution in [1.82, 2.24) is 9.55 Å². The Morgan fingerprint density at radius 3 is 2.72 bits per heavy atom. The molecule has 1 aliphatic rings. The molecule has 0 atom stereocenters. The van der Waals surface area contributed by atoms with Gasteiger partial charge >= 0.3 is 5.97 Å². The molecule has 0 aliphatic heterocycles. The lowest BCUT2D eigenvalue weighted by Crippen LogP contribution is -2.19. The minimum absolute atomic E-state index is 0.184. The molecule has 0 amide bonds. The van der Waals surface area contributed by atoms with Gasteiger partial charge in [-0.1, -0.05) is 18.2 Å². The fourth-order valence-corrected chi connectivity index (χ4v) is 4.68. The van der Waals surface area contributed by atoms with Crippen molar-refractivity contribution >= 4 is 22.7 Å². The van der Waals surface area contributed by atoms with Crippen LogP contribution in [0, 0.1) is 13.8 Å². The lowest BCUT2D eigenvalue weighted by molar-refractivity contribution is 0.0475. The van der Waals surface area contributed by atoms with E-state index in [1.165, 1.54) is 0 Å². The van der Waals surface area contributed by atoms with Crippen molar-refractivity contribution in [2.75, 3.05) is 20.3 Å². The lowest BCUT2D eigenvalue weighted by Gasteiger charge is -2.19. The number of rotatable bonds is 8. The Morgan fingerprint density at radius 1 is 1.12 bits per heavy atom. The Kier molecular flexibility index (Phi) is 6.70. The number of pyridine rings is 1. The van der Waals surface area contributed by atoms with Crippen molar-refractivity contribution in [2.45, 2.75) is 52.5 Å². The van der Waals surface area contributed by atoms with E-state index in [1.54, 1.807) is 7.11 Å². The Hall–Kier alpha value is -2.99. The quantitative estimate of drug-likeness (QED) is 0.294. The molecule has 168 valence electrons. The summed E-state index contributed by atoms with van der Waals surface area (Å²) in [6.07, 6.45) is 4.66. The van der Waals surface area contributed by atoms with E-state index in [0.29, 0.717) is 17.7 Å². The number of carbonyl (C=O) groups excluding carboxylic acids is 2. The molecule has 0 saturated heterocycles. The van der Waals surface area contributed by atoms with Crippen molar-refractivity contribution in [3.8, 4) is 0 Å². The van der Waals surface area contributed by atoms with Crippen LogP contribution in [0.2, 0.25) is 0 Å². The predicted molar refractivity (Wildman–Crippen MR) is 123 cm³/mol. The summed E-state index contributed by atoms with van der Waals surface area (Å²) in [4.78, 5) is 30.9. The van der Waals surface area contributed by atoms with Crippen LogP contribution in [0.4, 0.5) is 0 Å². The average molecular weight is 435 g/mol. The first-order valence-corrected chi connectivity index (χ1v) is 11.3.